The molecule has 0 spiro atoms. The van der Waals surface area contributed by atoms with Gasteiger partial charge in [0.15, 0.2) is 0 Å². The number of H-pyrrole nitrogens is 2. The molecule has 20 N–H and O–H groups in total. The molecule has 2 fully saturated rings. The molecule has 2 aliphatic rings. The van der Waals surface area contributed by atoms with E-state index in [2.05, 4.69) is 41.9 Å². The minimum atomic E-state index is -1.24. The lowest BCUT2D eigenvalue weighted by molar-refractivity contribution is -0.138. The van der Waals surface area contributed by atoms with E-state index >= 15 is 14.4 Å². The summed E-state index contributed by atoms with van der Waals surface area (Å²) < 4.78 is 0. The zero-order chi connectivity index (χ0) is 61.7. The van der Waals surface area contributed by atoms with Gasteiger partial charge in [-0.3, -0.25) is 33.6 Å². The van der Waals surface area contributed by atoms with Gasteiger partial charge in [-0.05, 0) is 158 Å². The van der Waals surface area contributed by atoms with Gasteiger partial charge in [0.2, 0.25) is 41.4 Å². The van der Waals surface area contributed by atoms with E-state index in [-0.39, 0.29) is 38.6 Å². The van der Waals surface area contributed by atoms with Gasteiger partial charge in [-0.1, -0.05) is 107 Å². The Labute approximate surface area is 509 Å². The van der Waals surface area contributed by atoms with Crippen LogP contribution in [0.25, 0.3) is 21.8 Å². The first-order valence-electron chi connectivity index (χ1n) is 32.4. The van der Waals surface area contributed by atoms with E-state index in [1.807, 2.05) is 60.9 Å². The lowest BCUT2D eigenvalue weighted by Crippen LogP contribution is -2.60. The van der Waals surface area contributed by atoms with Crippen molar-refractivity contribution in [3.05, 3.63) is 72.1 Å². The third kappa shape index (κ3) is 21.5. The number of hydrogen-bond donors (Lipinski definition) is 14. The smallest absolute Gasteiger partial charge is 0.243 e. The first-order chi connectivity index (χ1) is 41.7. The molecule has 21 heteroatoms. The highest BCUT2D eigenvalue weighted by Crippen LogP contribution is 2.39. The van der Waals surface area contributed by atoms with Crippen molar-refractivity contribution in [1.82, 2.24) is 41.9 Å². The Morgan fingerprint density at radius 1 is 0.477 bits per heavy atom. The maximum absolute atomic E-state index is 16.2. The number of para-hydroxylation sites is 2. The van der Waals surface area contributed by atoms with Crippen molar-refractivity contribution in [1.29, 1.82) is 0 Å². The van der Waals surface area contributed by atoms with E-state index in [9.17, 15) is 19.2 Å². The maximum Gasteiger partial charge on any atom is 0.243 e. The Hall–Kier alpha value is -6.39. The second-order valence-corrected chi connectivity index (χ2v) is 24.6. The van der Waals surface area contributed by atoms with Gasteiger partial charge in [-0.25, -0.2) is 0 Å². The Morgan fingerprint density at radius 3 is 1.34 bits per heavy atom. The van der Waals surface area contributed by atoms with E-state index in [1.165, 1.54) is 0 Å². The molecule has 2 saturated carbocycles. The third-order valence-electron chi connectivity index (χ3n) is 18.1. The van der Waals surface area contributed by atoms with Crippen LogP contribution in [0, 0.1) is 17.3 Å². The van der Waals surface area contributed by atoms with Crippen LogP contribution in [-0.2, 0) is 46.4 Å². The maximum atomic E-state index is 16.2. The topological polar surface area (TPSA) is 379 Å². The second kappa shape index (κ2) is 36.7. The summed E-state index contributed by atoms with van der Waals surface area (Å²) in [6.07, 6.45) is 22.7. The van der Waals surface area contributed by atoms with Gasteiger partial charge in [0.25, 0.3) is 0 Å². The second-order valence-electron chi connectivity index (χ2n) is 24.6. The summed E-state index contributed by atoms with van der Waals surface area (Å²) >= 11 is 0. The highest BCUT2D eigenvalue weighted by molar-refractivity contribution is 5.97. The van der Waals surface area contributed by atoms with Crippen molar-refractivity contribution in [3.8, 4) is 0 Å². The molecule has 0 unspecified atom stereocenters. The van der Waals surface area contributed by atoms with Gasteiger partial charge in [0, 0.05) is 53.6 Å². The predicted molar refractivity (Wildman–Crippen MR) is 340 cm³/mol. The third-order valence-corrected chi connectivity index (χ3v) is 18.1. The molecule has 4 aromatic rings. The Balaban J connectivity index is 1.38. The van der Waals surface area contributed by atoms with Crippen LogP contribution in [0.15, 0.2) is 60.9 Å². The van der Waals surface area contributed by atoms with Gasteiger partial charge in [-0.2, -0.15) is 0 Å². The summed E-state index contributed by atoms with van der Waals surface area (Å²) in [5, 5.41) is 20.0. The Morgan fingerprint density at radius 2 is 0.872 bits per heavy atom. The van der Waals surface area contributed by atoms with Gasteiger partial charge < -0.3 is 76.3 Å². The van der Waals surface area contributed by atoms with Crippen LogP contribution in [0.4, 0.5) is 0 Å². The molecule has 0 aliphatic heterocycles. The van der Waals surface area contributed by atoms with E-state index in [1.54, 1.807) is 0 Å². The van der Waals surface area contributed by atoms with Crippen LogP contribution < -0.4 is 66.3 Å². The zero-order valence-electron chi connectivity index (χ0n) is 51.0. The molecular weight excluding hydrogens is 1090 g/mol. The molecule has 21 nitrogen and oxygen atoms in total. The van der Waals surface area contributed by atoms with Crippen molar-refractivity contribution in [2.45, 2.75) is 216 Å². The number of hydrogen-bond acceptors (Lipinski definition) is 12. The number of aromatic amines is 2. The fourth-order valence-electron chi connectivity index (χ4n) is 12.7. The number of benzene rings is 2. The fourth-order valence-corrected chi connectivity index (χ4v) is 12.7. The molecule has 2 aromatic carbocycles. The lowest BCUT2D eigenvalue weighted by atomic mass is 9.71. The van der Waals surface area contributed by atoms with E-state index in [0.29, 0.717) is 109 Å². The van der Waals surface area contributed by atoms with Gasteiger partial charge >= 0.3 is 0 Å². The summed E-state index contributed by atoms with van der Waals surface area (Å²) in [4.78, 5) is 109. The van der Waals surface area contributed by atoms with Crippen LogP contribution in [-0.4, -0.2) is 120 Å². The Bertz CT molecular complexity index is 2710. The number of carbonyl (C=O) groups excluding carboxylic acids is 7. The highest BCUT2D eigenvalue weighted by atomic mass is 16.2. The van der Waals surface area contributed by atoms with Crippen LogP contribution in [0.1, 0.15) is 178 Å². The van der Waals surface area contributed by atoms with E-state index in [4.69, 9.17) is 34.4 Å². The fraction of sp³-hybridized carbons (Fsp3) is 0.646. The lowest BCUT2D eigenvalue weighted by Gasteiger charge is -2.38. The summed E-state index contributed by atoms with van der Waals surface area (Å²) in [6.45, 7) is 1.52. The van der Waals surface area contributed by atoms with Gasteiger partial charge in [-0.15, -0.1) is 0 Å². The van der Waals surface area contributed by atoms with E-state index in [0.717, 1.165) is 110 Å². The number of unbranched alkanes of at least 4 members (excludes halogenated alkanes) is 4. The normalized spacial score (nSPS) is 16.3. The molecule has 2 aromatic heterocycles. The monoisotopic (exact) mass is 1190 g/mol. The number of fused-ring (bicyclic) bond motifs is 2. The van der Waals surface area contributed by atoms with Crippen molar-refractivity contribution in [2.24, 2.45) is 51.7 Å². The van der Waals surface area contributed by atoms with Crippen molar-refractivity contribution in [3.63, 3.8) is 0 Å². The van der Waals surface area contributed by atoms with Crippen molar-refractivity contribution in [2.75, 3.05) is 32.7 Å². The number of aromatic nitrogens is 2. The number of carbonyl (C=O) groups is 7. The van der Waals surface area contributed by atoms with Gasteiger partial charge in [0.1, 0.15) is 30.2 Å². The largest absolute Gasteiger partial charge is 0.368 e. The summed E-state index contributed by atoms with van der Waals surface area (Å²) in [5.41, 5.74) is 37.4. The van der Waals surface area contributed by atoms with Gasteiger partial charge in [0.05, 0.1) is 11.5 Å². The summed E-state index contributed by atoms with van der Waals surface area (Å²) in [5.74, 6) is -3.12. The molecule has 86 heavy (non-hydrogen) atoms. The Kier molecular flexibility index (Phi) is 29.3. The molecule has 6 rings (SSSR count). The zero-order valence-corrected chi connectivity index (χ0v) is 51.0. The minimum Gasteiger partial charge on any atom is -0.368 e. The minimum absolute atomic E-state index is 0.0513. The standard InChI is InChI=1S/C65H104N14O7/c66-35-15-11-25-50(70)59(81)76-54(29-13-17-37-68)62(84)78-56(39-46-41-72-51-26-9-7-23-48(46)51)60(82)74-43-65(33-31-44-19-3-1-4-20-44,34-32-45-21-5-2-6-22-45)64(86)79-57(40-47-42-73-52-27-10-8-24-49(47)52)63(85)77-55(30-14-18-38-69)61(83)75-53(58(71)80)28-12-16-36-67/h7-10,23-24,26-27,41-42,44-45,50,53-57,72-73H,1-6,11-22,25,28-40,43,66-70H2,(H2,71,80)(H,74,82)(H,75,83)(H,76,81)(H,77,85)(H,78,84)(H,79,86)/t50-,53+,54-,55+,56-,57+/m1/s1. The molecule has 0 radical (unpaired) electrons. The van der Waals surface area contributed by atoms with Crippen LogP contribution in [0.5, 0.6) is 0 Å². The molecule has 476 valence electrons. The van der Waals surface area contributed by atoms with Crippen molar-refractivity contribution >= 4 is 63.2 Å². The summed E-state index contributed by atoms with van der Waals surface area (Å²) in [6, 6.07) is 9.05. The number of nitrogens with one attached hydrogen (secondary N) is 8. The quantitative estimate of drug-likeness (QED) is 0.0261. The highest BCUT2D eigenvalue weighted by Gasteiger charge is 2.43. The first-order valence-corrected chi connectivity index (χ1v) is 32.4. The number of amides is 7. The molecule has 0 saturated heterocycles. The molecule has 2 aliphatic carbocycles. The summed E-state index contributed by atoms with van der Waals surface area (Å²) in [7, 11) is 0. The van der Waals surface area contributed by atoms with Crippen LogP contribution >= 0.6 is 0 Å². The number of nitrogens with two attached hydrogens (primary N) is 6. The molecule has 0 bridgehead atoms. The molecular formula is C65H104N14O7. The average Bonchev–Trinajstić information content (AvgIpc) is 3.06. The van der Waals surface area contributed by atoms with Crippen LogP contribution in [0.3, 0.4) is 0 Å². The number of rotatable bonds is 40. The SMILES string of the molecule is NCCCC[C@@H](N)C(=O)N[C@H](CCCCN)C(=O)N[C@H](Cc1c[nH]c2ccccc12)C(=O)NCC(CCC1CCCCC1)(CCC1CCCCC1)C(=O)N[C@@H](Cc1c[nH]c2ccccc12)C(=O)N[C@@H](CCCCN)C(=O)N[C@@H](CCCCN)C(N)=O. The molecule has 6 atom stereocenters. The first kappa shape index (κ1) is 68.7. The molecule has 2 heterocycles. The van der Waals surface area contributed by atoms with Crippen molar-refractivity contribution < 1.29 is 33.6 Å². The van der Waals surface area contributed by atoms with Crippen LogP contribution in [0.2, 0.25) is 0 Å². The van der Waals surface area contributed by atoms with E-state index < -0.39 is 83.0 Å². The molecule has 7 amide bonds. The predicted octanol–water partition coefficient (Wildman–Crippen LogP) is 5.01. The average molecular weight is 1190 g/mol. The number of primary amides is 1.